The number of hydrogen-bond acceptors (Lipinski definition) is 2. The summed E-state index contributed by atoms with van der Waals surface area (Å²) in [5.41, 5.74) is 8.09. The second kappa shape index (κ2) is 4.77. The fourth-order valence-electron chi connectivity index (χ4n) is 1.63. The van der Waals surface area contributed by atoms with Gasteiger partial charge in [0, 0.05) is 12.1 Å². The highest BCUT2D eigenvalue weighted by atomic mass is 16.3. The highest BCUT2D eigenvalue weighted by Crippen LogP contribution is 2.23. The van der Waals surface area contributed by atoms with Crippen LogP contribution in [0.15, 0.2) is 24.3 Å². The minimum Gasteiger partial charge on any atom is -0.396 e. The summed E-state index contributed by atoms with van der Waals surface area (Å²) in [6.07, 6.45) is 0.591. The van der Waals surface area contributed by atoms with Gasteiger partial charge in [-0.3, -0.25) is 0 Å². The lowest BCUT2D eigenvalue weighted by atomic mass is 9.88. The van der Waals surface area contributed by atoms with E-state index in [-0.39, 0.29) is 6.61 Å². The van der Waals surface area contributed by atoms with Crippen LogP contribution in [-0.2, 0) is 5.54 Å². The van der Waals surface area contributed by atoms with E-state index in [1.54, 1.807) is 0 Å². The first-order valence-electron chi connectivity index (χ1n) is 5.47. The monoisotopic (exact) mass is 207 g/mol. The molecule has 1 atom stereocenters. The Bertz CT molecular complexity index is 301. The number of nitrogens with two attached hydrogens (primary N) is 1. The average Bonchev–Trinajstić information content (AvgIpc) is 2.18. The Morgan fingerprint density at radius 3 is 2.20 bits per heavy atom. The number of benzene rings is 1. The van der Waals surface area contributed by atoms with Crippen molar-refractivity contribution in [1.82, 2.24) is 0 Å². The van der Waals surface area contributed by atoms with Gasteiger partial charge >= 0.3 is 0 Å². The van der Waals surface area contributed by atoms with Crippen molar-refractivity contribution in [2.75, 3.05) is 6.61 Å². The van der Waals surface area contributed by atoms with Crippen LogP contribution in [0, 0.1) is 0 Å². The van der Waals surface area contributed by atoms with Crippen LogP contribution in [0.5, 0.6) is 0 Å². The average molecular weight is 207 g/mol. The number of rotatable bonds is 4. The predicted octanol–water partition coefficient (Wildman–Crippen LogP) is 2.37. The van der Waals surface area contributed by atoms with Gasteiger partial charge in [-0.15, -0.1) is 0 Å². The number of hydrogen-bond donors (Lipinski definition) is 2. The quantitative estimate of drug-likeness (QED) is 0.796. The highest BCUT2D eigenvalue weighted by Gasteiger charge is 2.20. The first-order valence-corrected chi connectivity index (χ1v) is 5.47. The van der Waals surface area contributed by atoms with Crippen LogP contribution in [0.25, 0.3) is 0 Å². The van der Waals surface area contributed by atoms with Crippen molar-refractivity contribution in [3.63, 3.8) is 0 Å². The summed E-state index contributed by atoms with van der Waals surface area (Å²) in [5.74, 6) is 0.543. The summed E-state index contributed by atoms with van der Waals surface area (Å²) in [5, 5.41) is 8.93. The Labute approximate surface area is 92.1 Å². The van der Waals surface area contributed by atoms with Crippen LogP contribution in [0.1, 0.15) is 44.2 Å². The fraction of sp³-hybridized carbons (Fsp3) is 0.538. The standard InChI is InChI=1S/C13H21NO/c1-10(2)11-4-6-12(7-5-11)13(3,14)8-9-15/h4-7,10,15H,8-9,14H2,1-3H3. The summed E-state index contributed by atoms with van der Waals surface area (Å²) in [4.78, 5) is 0. The maximum Gasteiger partial charge on any atom is 0.0451 e. The Morgan fingerprint density at radius 2 is 1.80 bits per heavy atom. The molecule has 15 heavy (non-hydrogen) atoms. The van der Waals surface area contributed by atoms with Crippen molar-refractivity contribution in [2.24, 2.45) is 5.73 Å². The van der Waals surface area contributed by atoms with E-state index in [1.807, 2.05) is 6.92 Å². The molecule has 3 N–H and O–H groups in total. The zero-order chi connectivity index (χ0) is 11.5. The van der Waals surface area contributed by atoms with Gasteiger partial charge in [0.05, 0.1) is 0 Å². The highest BCUT2D eigenvalue weighted by molar-refractivity contribution is 5.29. The van der Waals surface area contributed by atoms with Gasteiger partial charge < -0.3 is 10.8 Å². The summed E-state index contributed by atoms with van der Waals surface area (Å²) < 4.78 is 0. The van der Waals surface area contributed by atoms with Crippen molar-refractivity contribution < 1.29 is 5.11 Å². The Kier molecular flexibility index (Phi) is 3.89. The molecule has 1 rings (SSSR count). The van der Waals surface area contributed by atoms with Crippen molar-refractivity contribution in [2.45, 2.75) is 38.6 Å². The van der Waals surface area contributed by atoms with Crippen LogP contribution >= 0.6 is 0 Å². The van der Waals surface area contributed by atoms with Gasteiger partial charge in [-0.05, 0) is 30.4 Å². The van der Waals surface area contributed by atoms with Gasteiger partial charge in [0.25, 0.3) is 0 Å². The molecular formula is C13H21NO. The summed E-state index contributed by atoms with van der Waals surface area (Å²) in [6.45, 7) is 6.42. The van der Waals surface area contributed by atoms with Crippen LogP contribution < -0.4 is 5.73 Å². The van der Waals surface area contributed by atoms with Crippen molar-refractivity contribution >= 4 is 0 Å². The lowest BCUT2D eigenvalue weighted by molar-refractivity contribution is 0.247. The molecule has 0 saturated heterocycles. The summed E-state index contributed by atoms with van der Waals surface area (Å²) >= 11 is 0. The molecule has 2 nitrogen and oxygen atoms in total. The van der Waals surface area contributed by atoms with Crippen LogP contribution in [0.3, 0.4) is 0 Å². The molecule has 1 unspecified atom stereocenters. The molecule has 0 amide bonds. The third-order valence-electron chi connectivity index (χ3n) is 2.87. The molecular weight excluding hydrogens is 186 g/mol. The third kappa shape index (κ3) is 3.05. The van der Waals surface area contributed by atoms with Gasteiger partial charge in [-0.2, -0.15) is 0 Å². The summed E-state index contributed by atoms with van der Waals surface area (Å²) in [6, 6.07) is 8.35. The molecule has 0 aliphatic rings. The molecule has 0 saturated carbocycles. The van der Waals surface area contributed by atoms with Gasteiger partial charge in [0.1, 0.15) is 0 Å². The van der Waals surface area contributed by atoms with E-state index >= 15 is 0 Å². The molecule has 0 aliphatic carbocycles. The Hall–Kier alpha value is -0.860. The Balaban J connectivity index is 2.88. The molecule has 0 bridgehead atoms. The SMILES string of the molecule is CC(C)c1ccc(C(C)(N)CCO)cc1. The maximum atomic E-state index is 8.93. The second-order valence-electron chi connectivity index (χ2n) is 4.67. The van der Waals surface area contributed by atoms with E-state index in [4.69, 9.17) is 10.8 Å². The topological polar surface area (TPSA) is 46.2 Å². The second-order valence-corrected chi connectivity index (χ2v) is 4.67. The molecule has 2 heteroatoms. The zero-order valence-electron chi connectivity index (χ0n) is 9.83. The first-order chi connectivity index (χ1) is 6.97. The lowest BCUT2D eigenvalue weighted by Gasteiger charge is -2.24. The van der Waals surface area contributed by atoms with E-state index in [2.05, 4.69) is 38.1 Å². The summed E-state index contributed by atoms with van der Waals surface area (Å²) in [7, 11) is 0. The normalized spacial score (nSPS) is 15.3. The molecule has 84 valence electrons. The number of aliphatic hydroxyl groups is 1. The molecule has 1 aromatic carbocycles. The fourth-order valence-corrected chi connectivity index (χ4v) is 1.63. The minimum absolute atomic E-state index is 0.124. The lowest BCUT2D eigenvalue weighted by Crippen LogP contribution is -2.33. The largest absolute Gasteiger partial charge is 0.396 e. The number of aliphatic hydroxyl groups excluding tert-OH is 1. The van der Waals surface area contributed by atoms with Crippen molar-refractivity contribution in [3.8, 4) is 0 Å². The van der Waals surface area contributed by atoms with Crippen LogP contribution in [0.4, 0.5) is 0 Å². The molecule has 0 heterocycles. The van der Waals surface area contributed by atoms with Gasteiger partial charge in [-0.1, -0.05) is 38.1 Å². The Morgan fingerprint density at radius 1 is 1.27 bits per heavy atom. The van der Waals surface area contributed by atoms with Crippen molar-refractivity contribution in [3.05, 3.63) is 35.4 Å². The molecule has 0 aromatic heterocycles. The van der Waals surface area contributed by atoms with E-state index in [1.165, 1.54) is 5.56 Å². The molecule has 0 fully saturated rings. The predicted molar refractivity (Wildman–Crippen MR) is 63.8 cm³/mol. The van der Waals surface area contributed by atoms with Gasteiger partial charge in [0.2, 0.25) is 0 Å². The third-order valence-corrected chi connectivity index (χ3v) is 2.87. The van der Waals surface area contributed by atoms with Gasteiger partial charge in [0.15, 0.2) is 0 Å². The molecule has 1 aromatic rings. The van der Waals surface area contributed by atoms with Gasteiger partial charge in [-0.25, -0.2) is 0 Å². The minimum atomic E-state index is -0.426. The van der Waals surface area contributed by atoms with E-state index < -0.39 is 5.54 Å². The smallest absolute Gasteiger partial charge is 0.0451 e. The zero-order valence-corrected chi connectivity index (χ0v) is 9.83. The van der Waals surface area contributed by atoms with E-state index in [9.17, 15) is 0 Å². The van der Waals surface area contributed by atoms with Crippen molar-refractivity contribution in [1.29, 1.82) is 0 Å². The van der Waals surface area contributed by atoms with E-state index in [0.29, 0.717) is 12.3 Å². The first kappa shape index (κ1) is 12.2. The maximum absolute atomic E-state index is 8.93. The van der Waals surface area contributed by atoms with Crippen LogP contribution in [-0.4, -0.2) is 11.7 Å². The molecule has 0 radical (unpaired) electrons. The molecule has 0 aliphatic heterocycles. The van der Waals surface area contributed by atoms with E-state index in [0.717, 1.165) is 5.56 Å². The molecule has 0 spiro atoms. The van der Waals surface area contributed by atoms with Crippen LogP contribution in [0.2, 0.25) is 0 Å².